The fourth-order valence-electron chi connectivity index (χ4n) is 3.84. The number of benzene rings is 3. The zero-order valence-corrected chi connectivity index (χ0v) is 19.0. The van der Waals surface area contributed by atoms with Gasteiger partial charge in [-0.3, -0.25) is 4.79 Å². The number of carbonyl (C=O) groups is 1. The Morgan fingerprint density at radius 1 is 0.667 bits per heavy atom. The first-order valence-corrected chi connectivity index (χ1v) is 12.2. The van der Waals surface area contributed by atoms with E-state index in [1.54, 1.807) is 28.7 Å². The minimum Gasteiger partial charge on any atom is -0.322 e. The van der Waals surface area contributed by atoms with Crippen LogP contribution in [-0.4, -0.2) is 15.9 Å². The Morgan fingerprint density at radius 3 is 2.06 bits per heavy atom. The number of amides is 1. The lowest BCUT2D eigenvalue weighted by Crippen LogP contribution is -2.12. The second kappa shape index (κ2) is 8.24. The minimum absolute atomic E-state index is 0.172. The molecule has 6 heteroatoms. The number of rotatable bonds is 4. The van der Waals surface area contributed by atoms with Crippen molar-refractivity contribution < 1.29 is 4.79 Å². The van der Waals surface area contributed by atoms with Crippen LogP contribution < -0.4 is 5.32 Å². The van der Waals surface area contributed by atoms with E-state index in [1.165, 1.54) is 0 Å². The van der Waals surface area contributed by atoms with E-state index >= 15 is 0 Å². The number of anilines is 1. The fourth-order valence-corrected chi connectivity index (χ4v) is 5.27. The first-order valence-electron chi connectivity index (χ1n) is 10.4. The van der Waals surface area contributed by atoms with Crippen LogP contribution in [0.15, 0.2) is 95.7 Å². The summed E-state index contributed by atoms with van der Waals surface area (Å²) in [6, 6.07) is 27.6. The van der Waals surface area contributed by atoms with Crippen LogP contribution in [0.5, 0.6) is 0 Å². The highest BCUT2D eigenvalue weighted by atomic mass is 32.1. The van der Waals surface area contributed by atoms with Crippen LogP contribution in [0, 0.1) is 0 Å². The molecule has 0 unspecified atom stereocenters. The summed E-state index contributed by atoms with van der Waals surface area (Å²) in [6.45, 7) is 0. The molecule has 3 heterocycles. The van der Waals surface area contributed by atoms with E-state index in [4.69, 9.17) is 9.97 Å². The van der Waals surface area contributed by atoms with Crippen molar-refractivity contribution in [2.24, 2.45) is 0 Å². The lowest BCUT2D eigenvalue weighted by molar-refractivity contribution is 0.102. The Kier molecular flexibility index (Phi) is 4.94. The van der Waals surface area contributed by atoms with Crippen molar-refractivity contribution in [1.82, 2.24) is 9.97 Å². The zero-order chi connectivity index (χ0) is 22.2. The molecule has 0 aliphatic carbocycles. The van der Waals surface area contributed by atoms with E-state index in [9.17, 15) is 4.79 Å². The first-order chi connectivity index (χ1) is 16.2. The van der Waals surface area contributed by atoms with Gasteiger partial charge in [-0.25, -0.2) is 9.97 Å². The number of hydrogen-bond donors (Lipinski definition) is 1. The molecule has 0 spiro atoms. The maximum atomic E-state index is 13.0. The van der Waals surface area contributed by atoms with Gasteiger partial charge in [-0.15, -0.1) is 22.7 Å². The molecule has 4 nitrogen and oxygen atoms in total. The van der Waals surface area contributed by atoms with Crippen molar-refractivity contribution in [3.8, 4) is 21.1 Å². The van der Waals surface area contributed by atoms with E-state index in [0.29, 0.717) is 11.1 Å². The molecule has 33 heavy (non-hydrogen) atoms. The average molecular weight is 464 g/mol. The largest absolute Gasteiger partial charge is 0.322 e. The van der Waals surface area contributed by atoms with E-state index in [-0.39, 0.29) is 5.91 Å². The van der Waals surface area contributed by atoms with Gasteiger partial charge < -0.3 is 5.32 Å². The number of nitrogens with zero attached hydrogens (tertiary/aromatic N) is 2. The number of aromatic nitrogens is 2. The Balaban J connectivity index is 1.38. The molecule has 0 aliphatic rings. The highest BCUT2D eigenvalue weighted by molar-refractivity contribution is 7.14. The Bertz CT molecular complexity index is 1610. The number of nitrogens with one attached hydrogen (secondary N) is 1. The van der Waals surface area contributed by atoms with Crippen LogP contribution >= 0.6 is 22.7 Å². The van der Waals surface area contributed by atoms with Gasteiger partial charge in [0, 0.05) is 11.3 Å². The lowest BCUT2D eigenvalue weighted by Gasteiger charge is -2.10. The molecule has 0 fully saturated rings. The zero-order valence-electron chi connectivity index (χ0n) is 17.4. The Hall–Kier alpha value is -3.87. The molecule has 1 N–H and O–H groups in total. The van der Waals surface area contributed by atoms with Gasteiger partial charge >= 0.3 is 0 Å². The number of hydrogen-bond acceptors (Lipinski definition) is 5. The predicted octanol–water partition coefficient (Wildman–Crippen LogP) is 7.49. The first kappa shape index (κ1) is 19.8. The second-order valence-corrected chi connectivity index (χ2v) is 9.49. The maximum absolute atomic E-state index is 13.0. The number of fused-ring (bicyclic) bond motifs is 2. The van der Waals surface area contributed by atoms with Gasteiger partial charge in [-0.05, 0) is 64.0 Å². The van der Waals surface area contributed by atoms with E-state index < -0.39 is 0 Å². The van der Waals surface area contributed by atoms with Crippen molar-refractivity contribution in [3.63, 3.8) is 0 Å². The Morgan fingerprint density at radius 2 is 1.36 bits per heavy atom. The molecule has 0 aliphatic heterocycles. The van der Waals surface area contributed by atoms with Crippen LogP contribution in [0.2, 0.25) is 0 Å². The van der Waals surface area contributed by atoms with E-state index in [2.05, 4.69) is 17.4 Å². The SMILES string of the molecule is O=C(Nc1ccc2ccccc2c1)c1ccc2nc(-c3cccs3)c(-c3cccs3)nc2c1. The molecule has 0 saturated heterocycles. The topological polar surface area (TPSA) is 54.9 Å². The van der Waals surface area contributed by atoms with Gasteiger partial charge in [0.1, 0.15) is 11.4 Å². The van der Waals surface area contributed by atoms with Crippen molar-refractivity contribution in [2.75, 3.05) is 5.32 Å². The van der Waals surface area contributed by atoms with Crippen LogP contribution in [-0.2, 0) is 0 Å². The minimum atomic E-state index is -0.172. The normalized spacial score (nSPS) is 11.2. The molecule has 6 aromatic rings. The summed E-state index contributed by atoms with van der Waals surface area (Å²) in [4.78, 5) is 25.0. The van der Waals surface area contributed by atoms with Gasteiger partial charge in [0.2, 0.25) is 0 Å². The van der Waals surface area contributed by atoms with Gasteiger partial charge in [-0.2, -0.15) is 0 Å². The summed E-state index contributed by atoms with van der Waals surface area (Å²) in [5.41, 5.74) is 4.48. The third-order valence-electron chi connectivity index (χ3n) is 5.44. The van der Waals surface area contributed by atoms with Gasteiger partial charge in [0.25, 0.3) is 5.91 Å². The van der Waals surface area contributed by atoms with Crippen molar-refractivity contribution in [1.29, 1.82) is 0 Å². The van der Waals surface area contributed by atoms with E-state index in [1.807, 2.05) is 77.5 Å². The molecule has 0 radical (unpaired) electrons. The molecule has 1 amide bonds. The van der Waals surface area contributed by atoms with Gasteiger partial charge in [0.15, 0.2) is 0 Å². The molecule has 0 bridgehead atoms. The summed E-state index contributed by atoms with van der Waals surface area (Å²) >= 11 is 3.28. The third-order valence-corrected chi connectivity index (χ3v) is 7.20. The van der Waals surface area contributed by atoms with Crippen LogP contribution in [0.4, 0.5) is 5.69 Å². The fraction of sp³-hybridized carbons (Fsp3) is 0. The monoisotopic (exact) mass is 463 g/mol. The van der Waals surface area contributed by atoms with Crippen LogP contribution in [0.3, 0.4) is 0 Å². The van der Waals surface area contributed by atoms with Crippen LogP contribution in [0.1, 0.15) is 10.4 Å². The summed E-state index contributed by atoms with van der Waals surface area (Å²) in [5, 5.41) is 9.31. The van der Waals surface area contributed by atoms with Gasteiger partial charge in [0.05, 0.1) is 20.8 Å². The standard InChI is InChI=1S/C27H17N3OS2/c31-27(28-20-11-9-17-5-1-2-6-18(17)15-20)19-10-12-21-22(16-19)30-26(24-8-4-14-33-24)25(29-21)23-7-3-13-32-23/h1-16H,(H,28,31). The predicted molar refractivity (Wildman–Crippen MR) is 138 cm³/mol. The molecule has 0 atom stereocenters. The molecule has 3 aromatic heterocycles. The summed E-state index contributed by atoms with van der Waals surface area (Å²) < 4.78 is 0. The molecular formula is C27H17N3OS2. The Labute approximate surface area is 198 Å². The molecular weight excluding hydrogens is 446 g/mol. The molecule has 6 rings (SSSR count). The molecule has 0 saturated carbocycles. The van der Waals surface area contributed by atoms with Crippen molar-refractivity contribution in [3.05, 3.63) is 101 Å². The second-order valence-electron chi connectivity index (χ2n) is 7.59. The van der Waals surface area contributed by atoms with Gasteiger partial charge in [-0.1, -0.05) is 42.5 Å². The highest BCUT2D eigenvalue weighted by Gasteiger charge is 2.16. The van der Waals surface area contributed by atoms with Crippen molar-refractivity contribution in [2.45, 2.75) is 0 Å². The summed E-state index contributed by atoms with van der Waals surface area (Å²) in [7, 11) is 0. The quantitative estimate of drug-likeness (QED) is 0.295. The van der Waals surface area contributed by atoms with Crippen molar-refractivity contribution >= 4 is 56.1 Å². The lowest BCUT2D eigenvalue weighted by atomic mass is 10.1. The third kappa shape index (κ3) is 3.80. The summed E-state index contributed by atoms with van der Waals surface area (Å²) in [5.74, 6) is -0.172. The number of carbonyl (C=O) groups excluding carboxylic acids is 1. The molecule has 3 aromatic carbocycles. The molecule has 158 valence electrons. The maximum Gasteiger partial charge on any atom is 0.255 e. The average Bonchev–Trinajstić information content (AvgIpc) is 3.57. The number of thiophene rings is 2. The van der Waals surface area contributed by atoms with Crippen LogP contribution in [0.25, 0.3) is 42.9 Å². The highest BCUT2D eigenvalue weighted by Crippen LogP contribution is 2.35. The summed E-state index contributed by atoms with van der Waals surface area (Å²) in [6.07, 6.45) is 0. The smallest absolute Gasteiger partial charge is 0.255 e. The van der Waals surface area contributed by atoms with E-state index in [0.717, 1.165) is 43.1 Å².